The summed E-state index contributed by atoms with van der Waals surface area (Å²) in [6.07, 6.45) is 1.72. The molecule has 2 heterocycles. The van der Waals surface area contributed by atoms with Gasteiger partial charge in [0.2, 0.25) is 5.78 Å². The van der Waals surface area contributed by atoms with Gasteiger partial charge < -0.3 is 0 Å². The number of hydrogen-bond donors (Lipinski definition) is 1. The average Bonchev–Trinajstić information content (AvgIpc) is 2.53. The summed E-state index contributed by atoms with van der Waals surface area (Å²) in [5.74, 6) is 0.565. The fourth-order valence-corrected chi connectivity index (χ4v) is 1.95. The number of imidazole rings is 1. The van der Waals surface area contributed by atoms with Gasteiger partial charge in [-0.3, -0.25) is 14.2 Å². The number of rotatable bonds is 0. The molecule has 0 bridgehead atoms. The number of nitrogens with one attached hydrogen (secondary N) is 1. The number of fused-ring (bicyclic) bond motifs is 3. The second kappa shape index (κ2) is 2.93. The molecule has 1 N–H and O–H groups in total. The third kappa shape index (κ3) is 1.27. The van der Waals surface area contributed by atoms with Gasteiger partial charge in [0.15, 0.2) is 0 Å². The Kier molecular flexibility index (Phi) is 1.70. The topological polar surface area (TPSA) is 50.2 Å². The molecule has 0 spiro atoms. The van der Waals surface area contributed by atoms with E-state index in [9.17, 15) is 4.79 Å². The molecule has 5 heteroatoms. The normalized spacial score (nSPS) is 11.3. The SMILES string of the molecule is O=c1ccn2c(nc3cc(Br)ccc32)[nH]1. The highest BCUT2D eigenvalue weighted by Gasteiger charge is 2.04. The van der Waals surface area contributed by atoms with Crippen LogP contribution in [0.1, 0.15) is 0 Å². The molecule has 0 amide bonds. The summed E-state index contributed by atoms with van der Waals surface area (Å²) in [6.45, 7) is 0. The highest BCUT2D eigenvalue weighted by molar-refractivity contribution is 9.10. The number of aromatic amines is 1. The third-order valence-corrected chi connectivity index (χ3v) is 2.75. The molecule has 0 fully saturated rings. The summed E-state index contributed by atoms with van der Waals surface area (Å²) in [7, 11) is 0. The molecule has 74 valence electrons. The molecule has 0 saturated heterocycles. The Hall–Kier alpha value is -1.62. The van der Waals surface area contributed by atoms with Crippen molar-refractivity contribution in [2.75, 3.05) is 0 Å². The highest BCUT2D eigenvalue weighted by Crippen LogP contribution is 2.19. The minimum atomic E-state index is -0.142. The predicted molar refractivity (Wildman–Crippen MR) is 61.0 cm³/mol. The first-order chi connectivity index (χ1) is 7.24. The average molecular weight is 264 g/mol. The molecule has 0 radical (unpaired) electrons. The van der Waals surface area contributed by atoms with Crippen molar-refractivity contribution in [2.45, 2.75) is 0 Å². The number of halogens is 1. The van der Waals surface area contributed by atoms with E-state index in [0.29, 0.717) is 5.78 Å². The molecule has 4 nitrogen and oxygen atoms in total. The van der Waals surface area contributed by atoms with E-state index < -0.39 is 0 Å². The standard InChI is InChI=1S/C10H6BrN3O/c11-6-1-2-8-7(5-6)12-10-13-9(15)3-4-14(8)10/h1-5H,(H,12,13,15). The maximum Gasteiger partial charge on any atom is 0.252 e. The number of H-pyrrole nitrogens is 1. The van der Waals surface area contributed by atoms with Gasteiger partial charge in [-0.05, 0) is 18.2 Å². The van der Waals surface area contributed by atoms with Crippen LogP contribution in [-0.2, 0) is 0 Å². The van der Waals surface area contributed by atoms with Gasteiger partial charge in [0.1, 0.15) is 0 Å². The Morgan fingerprint density at radius 2 is 2.20 bits per heavy atom. The van der Waals surface area contributed by atoms with Crippen LogP contribution in [0, 0.1) is 0 Å². The van der Waals surface area contributed by atoms with E-state index in [4.69, 9.17) is 0 Å². The number of nitrogens with zero attached hydrogens (tertiary/aromatic N) is 2. The van der Waals surface area contributed by atoms with Gasteiger partial charge in [0.05, 0.1) is 11.0 Å². The van der Waals surface area contributed by atoms with Crippen molar-refractivity contribution in [3.63, 3.8) is 0 Å². The Bertz CT molecular complexity index is 713. The molecule has 0 unspecified atom stereocenters. The van der Waals surface area contributed by atoms with Gasteiger partial charge in [-0.2, -0.15) is 0 Å². The lowest BCUT2D eigenvalue weighted by atomic mass is 10.3. The van der Waals surface area contributed by atoms with Gasteiger partial charge in [-0.1, -0.05) is 15.9 Å². The molecule has 3 aromatic rings. The Morgan fingerprint density at radius 1 is 1.33 bits per heavy atom. The molecule has 3 rings (SSSR count). The van der Waals surface area contributed by atoms with Gasteiger partial charge in [0, 0.05) is 16.7 Å². The summed E-state index contributed by atoms with van der Waals surface area (Å²) < 4.78 is 2.82. The van der Waals surface area contributed by atoms with Gasteiger partial charge >= 0.3 is 0 Å². The minimum absolute atomic E-state index is 0.142. The predicted octanol–water partition coefficient (Wildman–Crippen LogP) is 1.94. The fraction of sp³-hybridized carbons (Fsp3) is 0. The van der Waals surface area contributed by atoms with Crippen LogP contribution < -0.4 is 5.56 Å². The fourth-order valence-electron chi connectivity index (χ4n) is 1.61. The van der Waals surface area contributed by atoms with E-state index >= 15 is 0 Å². The second-order valence-electron chi connectivity index (χ2n) is 3.24. The molecule has 0 saturated carbocycles. The maximum absolute atomic E-state index is 11.1. The molecular formula is C10H6BrN3O. The summed E-state index contributed by atoms with van der Waals surface area (Å²) >= 11 is 3.38. The van der Waals surface area contributed by atoms with Gasteiger partial charge in [0.25, 0.3) is 5.56 Å². The smallest absolute Gasteiger partial charge is 0.252 e. The molecule has 1 aromatic carbocycles. The molecule has 0 aliphatic rings. The van der Waals surface area contributed by atoms with Crippen molar-refractivity contribution in [2.24, 2.45) is 0 Å². The zero-order chi connectivity index (χ0) is 10.4. The lowest BCUT2D eigenvalue weighted by molar-refractivity contribution is 1.10. The minimum Gasteiger partial charge on any atom is -0.292 e. The monoisotopic (exact) mass is 263 g/mol. The van der Waals surface area contributed by atoms with E-state index in [1.807, 2.05) is 22.6 Å². The molecule has 0 aliphatic carbocycles. The molecule has 2 aromatic heterocycles. The second-order valence-corrected chi connectivity index (χ2v) is 4.16. The largest absolute Gasteiger partial charge is 0.292 e. The van der Waals surface area contributed by atoms with E-state index in [-0.39, 0.29) is 5.56 Å². The van der Waals surface area contributed by atoms with Crippen LogP contribution in [-0.4, -0.2) is 14.4 Å². The molecule has 0 aliphatic heterocycles. The van der Waals surface area contributed by atoms with Crippen molar-refractivity contribution in [1.29, 1.82) is 0 Å². The van der Waals surface area contributed by atoms with E-state index in [0.717, 1.165) is 15.5 Å². The lowest BCUT2D eigenvalue weighted by Crippen LogP contribution is -2.05. The van der Waals surface area contributed by atoms with Crippen molar-refractivity contribution >= 4 is 32.7 Å². The van der Waals surface area contributed by atoms with Crippen molar-refractivity contribution in [1.82, 2.24) is 14.4 Å². The van der Waals surface area contributed by atoms with Crippen LogP contribution >= 0.6 is 15.9 Å². The van der Waals surface area contributed by atoms with Crippen molar-refractivity contribution < 1.29 is 0 Å². The van der Waals surface area contributed by atoms with Crippen LogP contribution in [0.5, 0.6) is 0 Å². The zero-order valence-electron chi connectivity index (χ0n) is 7.57. The van der Waals surface area contributed by atoms with Crippen LogP contribution in [0.2, 0.25) is 0 Å². The molecule has 0 atom stereocenters. The first kappa shape index (κ1) is 8.67. The van der Waals surface area contributed by atoms with Gasteiger partial charge in [-0.25, -0.2) is 4.98 Å². The Labute approximate surface area is 92.7 Å². The summed E-state index contributed by atoms with van der Waals surface area (Å²) in [4.78, 5) is 18.1. The molecule has 15 heavy (non-hydrogen) atoms. The summed E-state index contributed by atoms with van der Waals surface area (Å²) in [6, 6.07) is 7.30. The lowest BCUT2D eigenvalue weighted by Gasteiger charge is -1.93. The summed E-state index contributed by atoms with van der Waals surface area (Å²) in [5, 5.41) is 0. The van der Waals surface area contributed by atoms with E-state index in [1.165, 1.54) is 6.07 Å². The maximum atomic E-state index is 11.1. The first-order valence-corrected chi connectivity index (χ1v) is 5.20. The number of aromatic nitrogens is 3. The molecular weight excluding hydrogens is 258 g/mol. The van der Waals surface area contributed by atoms with Crippen LogP contribution in [0.25, 0.3) is 16.8 Å². The van der Waals surface area contributed by atoms with Crippen LogP contribution in [0.4, 0.5) is 0 Å². The third-order valence-electron chi connectivity index (χ3n) is 2.26. The first-order valence-electron chi connectivity index (χ1n) is 4.41. The van der Waals surface area contributed by atoms with Crippen LogP contribution in [0.3, 0.4) is 0 Å². The van der Waals surface area contributed by atoms with Crippen molar-refractivity contribution in [3.8, 4) is 0 Å². The van der Waals surface area contributed by atoms with Crippen molar-refractivity contribution in [3.05, 3.63) is 45.3 Å². The Balaban J connectivity index is 2.57. The zero-order valence-corrected chi connectivity index (χ0v) is 9.15. The highest BCUT2D eigenvalue weighted by atomic mass is 79.9. The van der Waals surface area contributed by atoms with E-state index in [2.05, 4.69) is 25.9 Å². The summed E-state index contributed by atoms with van der Waals surface area (Å²) in [5.41, 5.74) is 1.69. The quantitative estimate of drug-likeness (QED) is 0.674. The van der Waals surface area contributed by atoms with Gasteiger partial charge in [-0.15, -0.1) is 0 Å². The van der Waals surface area contributed by atoms with Crippen LogP contribution in [0.15, 0.2) is 39.7 Å². The Morgan fingerprint density at radius 3 is 3.07 bits per heavy atom. The number of hydrogen-bond acceptors (Lipinski definition) is 2. The van der Waals surface area contributed by atoms with E-state index in [1.54, 1.807) is 6.20 Å². The number of benzene rings is 1.